The molecule has 0 amide bonds. The molecule has 0 atom stereocenters. The molecule has 0 fully saturated rings. The first-order valence-corrected chi connectivity index (χ1v) is 9.00. The average Bonchev–Trinajstić information content (AvgIpc) is 2.84. The molecule has 0 saturated heterocycles. The number of anilines is 1. The van der Waals surface area contributed by atoms with Crippen LogP contribution in [0.15, 0.2) is 43.5 Å². The van der Waals surface area contributed by atoms with Crippen molar-refractivity contribution in [3.05, 3.63) is 44.2 Å². The number of aromatic carboxylic acids is 1. The number of carboxylic acids is 1. The molecule has 0 bridgehead atoms. The van der Waals surface area contributed by atoms with Crippen LogP contribution in [0.4, 0.5) is 5.69 Å². The van der Waals surface area contributed by atoms with E-state index in [4.69, 9.17) is 5.11 Å². The molecular formula is C11H7Br2NO4S2. The SMILES string of the molecule is O=C(O)c1ccc(S(=O)(=O)Nc2c(Br)cccc2Br)s1. The zero-order chi connectivity index (χ0) is 14.9. The first-order valence-electron chi connectivity index (χ1n) is 5.11. The maximum Gasteiger partial charge on any atom is 0.345 e. The second-order valence-corrected chi connectivity index (χ2v) is 8.33. The zero-order valence-corrected chi connectivity index (χ0v) is 14.4. The fourth-order valence-electron chi connectivity index (χ4n) is 1.36. The van der Waals surface area contributed by atoms with Gasteiger partial charge in [-0.1, -0.05) is 6.07 Å². The smallest absolute Gasteiger partial charge is 0.345 e. The Kier molecular flexibility index (Phi) is 4.52. The normalized spacial score (nSPS) is 11.3. The third kappa shape index (κ3) is 3.22. The van der Waals surface area contributed by atoms with E-state index in [1.165, 1.54) is 12.1 Å². The van der Waals surface area contributed by atoms with Gasteiger partial charge in [0.15, 0.2) is 0 Å². The molecule has 0 unspecified atom stereocenters. The van der Waals surface area contributed by atoms with Crippen LogP contribution in [0.2, 0.25) is 0 Å². The van der Waals surface area contributed by atoms with Gasteiger partial charge >= 0.3 is 5.97 Å². The highest BCUT2D eigenvalue weighted by Gasteiger charge is 2.21. The van der Waals surface area contributed by atoms with Crippen LogP contribution in [0.25, 0.3) is 0 Å². The van der Waals surface area contributed by atoms with Crippen molar-refractivity contribution in [2.75, 3.05) is 4.72 Å². The number of carboxylic acid groups (broad SMARTS) is 1. The van der Waals surface area contributed by atoms with Crippen molar-refractivity contribution in [3.8, 4) is 0 Å². The van der Waals surface area contributed by atoms with Gasteiger partial charge in [-0.15, -0.1) is 11.3 Å². The summed E-state index contributed by atoms with van der Waals surface area (Å²) < 4.78 is 27.9. The molecule has 9 heteroatoms. The number of hydrogen-bond donors (Lipinski definition) is 2. The maximum absolute atomic E-state index is 12.2. The van der Waals surface area contributed by atoms with Crippen molar-refractivity contribution in [1.29, 1.82) is 0 Å². The summed E-state index contributed by atoms with van der Waals surface area (Å²) in [6.45, 7) is 0. The Morgan fingerprint density at radius 1 is 1.15 bits per heavy atom. The van der Waals surface area contributed by atoms with E-state index in [0.29, 0.717) is 26.0 Å². The molecule has 106 valence electrons. The third-order valence-corrected chi connectivity index (χ3v) is 6.49. The minimum Gasteiger partial charge on any atom is -0.477 e. The molecular weight excluding hydrogens is 434 g/mol. The summed E-state index contributed by atoms with van der Waals surface area (Å²) in [6, 6.07) is 7.66. The highest BCUT2D eigenvalue weighted by molar-refractivity contribution is 9.11. The van der Waals surface area contributed by atoms with Crippen LogP contribution in [-0.4, -0.2) is 19.5 Å². The van der Waals surface area contributed by atoms with Gasteiger partial charge in [0.05, 0.1) is 5.69 Å². The molecule has 0 saturated carbocycles. The number of para-hydroxylation sites is 1. The van der Waals surface area contributed by atoms with Gasteiger partial charge in [-0.3, -0.25) is 4.72 Å². The molecule has 2 aromatic rings. The van der Waals surface area contributed by atoms with Crippen molar-refractivity contribution in [1.82, 2.24) is 0 Å². The van der Waals surface area contributed by atoms with Gasteiger partial charge in [-0.2, -0.15) is 0 Å². The van der Waals surface area contributed by atoms with E-state index in [1.54, 1.807) is 18.2 Å². The number of hydrogen-bond acceptors (Lipinski definition) is 4. The van der Waals surface area contributed by atoms with E-state index in [9.17, 15) is 13.2 Å². The minimum atomic E-state index is -3.83. The lowest BCUT2D eigenvalue weighted by Crippen LogP contribution is -2.12. The molecule has 2 rings (SSSR count). The molecule has 20 heavy (non-hydrogen) atoms. The summed E-state index contributed by atoms with van der Waals surface area (Å²) in [4.78, 5) is 10.8. The maximum atomic E-state index is 12.2. The Morgan fingerprint density at radius 2 is 1.75 bits per heavy atom. The van der Waals surface area contributed by atoms with Crippen LogP contribution in [0, 0.1) is 0 Å². The third-order valence-electron chi connectivity index (χ3n) is 2.26. The predicted molar refractivity (Wildman–Crippen MR) is 83.9 cm³/mol. The van der Waals surface area contributed by atoms with Crippen LogP contribution in [-0.2, 0) is 10.0 Å². The van der Waals surface area contributed by atoms with Crippen LogP contribution in [0.3, 0.4) is 0 Å². The van der Waals surface area contributed by atoms with E-state index in [-0.39, 0.29) is 9.09 Å². The van der Waals surface area contributed by atoms with Crippen molar-refractivity contribution in [2.24, 2.45) is 0 Å². The standard InChI is InChI=1S/C11H7Br2NO4S2/c12-6-2-1-3-7(13)10(6)14-20(17,18)9-5-4-8(19-9)11(15)16/h1-5,14H,(H,15,16). The Bertz CT molecular complexity index is 750. The fraction of sp³-hybridized carbons (Fsp3) is 0. The van der Waals surface area contributed by atoms with Gasteiger partial charge in [0.25, 0.3) is 10.0 Å². The molecule has 0 aliphatic heterocycles. The van der Waals surface area contributed by atoms with E-state index in [1.807, 2.05) is 0 Å². The zero-order valence-electron chi connectivity index (χ0n) is 9.63. The molecule has 5 nitrogen and oxygen atoms in total. The second kappa shape index (κ2) is 5.84. The summed E-state index contributed by atoms with van der Waals surface area (Å²) in [5.41, 5.74) is 0.359. The van der Waals surface area contributed by atoms with Crippen molar-refractivity contribution >= 4 is 64.9 Å². The number of nitrogens with one attached hydrogen (secondary N) is 1. The predicted octanol–water partition coefficient (Wildman–Crippen LogP) is 3.77. The Morgan fingerprint density at radius 3 is 2.25 bits per heavy atom. The Hall–Kier alpha value is -0.900. The summed E-state index contributed by atoms with van der Waals surface area (Å²) in [5, 5.41) is 8.82. The van der Waals surface area contributed by atoms with Crippen molar-refractivity contribution < 1.29 is 18.3 Å². The molecule has 0 radical (unpaired) electrons. The molecule has 1 aromatic carbocycles. The van der Waals surface area contributed by atoms with Gasteiger partial charge in [0.2, 0.25) is 0 Å². The highest BCUT2D eigenvalue weighted by Crippen LogP contribution is 2.33. The summed E-state index contributed by atoms with van der Waals surface area (Å²) in [5.74, 6) is -1.15. The summed E-state index contributed by atoms with van der Waals surface area (Å²) >= 11 is 7.20. The molecule has 0 spiro atoms. The lowest BCUT2D eigenvalue weighted by Gasteiger charge is -2.10. The number of benzene rings is 1. The summed E-state index contributed by atoms with van der Waals surface area (Å²) in [7, 11) is -3.83. The number of halogens is 2. The Labute approximate surface area is 135 Å². The van der Waals surface area contributed by atoms with E-state index < -0.39 is 16.0 Å². The first kappa shape index (κ1) is 15.5. The van der Waals surface area contributed by atoms with Gasteiger partial charge in [-0.25, -0.2) is 13.2 Å². The fourth-order valence-corrected chi connectivity index (χ4v) is 5.06. The van der Waals surface area contributed by atoms with Crippen LogP contribution >= 0.6 is 43.2 Å². The van der Waals surface area contributed by atoms with Gasteiger partial charge in [-0.05, 0) is 56.1 Å². The first-order chi connectivity index (χ1) is 9.31. The van der Waals surface area contributed by atoms with Crippen molar-refractivity contribution in [2.45, 2.75) is 4.21 Å². The van der Waals surface area contributed by atoms with E-state index in [2.05, 4.69) is 36.6 Å². The lowest BCUT2D eigenvalue weighted by atomic mass is 10.3. The highest BCUT2D eigenvalue weighted by atomic mass is 79.9. The monoisotopic (exact) mass is 439 g/mol. The number of sulfonamides is 1. The van der Waals surface area contributed by atoms with Gasteiger partial charge < -0.3 is 5.11 Å². The van der Waals surface area contributed by atoms with E-state index in [0.717, 1.165) is 0 Å². The molecule has 1 aromatic heterocycles. The molecule has 0 aliphatic rings. The van der Waals surface area contributed by atoms with Crippen LogP contribution in [0.1, 0.15) is 9.67 Å². The molecule has 1 heterocycles. The van der Waals surface area contributed by atoms with Crippen LogP contribution < -0.4 is 4.72 Å². The van der Waals surface area contributed by atoms with Crippen LogP contribution in [0.5, 0.6) is 0 Å². The summed E-state index contributed by atoms with van der Waals surface area (Å²) in [6.07, 6.45) is 0. The lowest BCUT2D eigenvalue weighted by molar-refractivity contribution is 0.0702. The number of rotatable bonds is 4. The minimum absolute atomic E-state index is 0.0310. The second-order valence-electron chi connectivity index (χ2n) is 3.63. The number of thiophene rings is 1. The average molecular weight is 441 g/mol. The number of carbonyl (C=O) groups is 1. The van der Waals surface area contributed by atoms with Gasteiger partial charge in [0, 0.05) is 8.95 Å². The van der Waals surface area contributed by atoms with Crippen molar-refractivity contribution in [3.63, 3.8) is 0 Å². The quantitative estimate of drug-likeness (QED) is 0.757. The molecule has 0 aliphatic carbocycles. The topological polar surface area (TPSA) is 83.5 Å². The molecule has 2 N–H and O–H groups in total. The Balaban J connectivity index is 2.38. The van der Waals surface area contributed by atoms with Gasteiger partial charge in [0.1, 0.15) is 9.09 Å². The largest absolute Gasteiger partial charge is 0.477 e. The van der Waals surface area contributed by atoms with E-state index >= 15 is 0 Å².